The Hall–Kier alpha value is -1.76. The topological polar surface area (TPSA) is 87.9 Å². The number of esters is 1. The maximum Gasteiger partial charge on any atom is 0.339 e. The van der Waals surface area contributed by atoms with Crippen molar-refractivity contribution in [2.75, 3.05) is 13.7 Å². The number of rotatable bonds is 7. The third-order valence-corrected chi connectivity index (χ3v) is 3.19. The van der Waals surface area contributed by atoms with Gasteiger partial charge in [-0.3, -0.25) is 4.79 Å². The minimum atomic E-state index is -1.00. The SMILES string of the molecule is CCCOc1c(Br)cc(C(=O)O[C@@H](C)C(N)=O)cc1OC. The fourth-order valence-electron chi connectivity index (χ4n) is 1.47. The van der Waals surface area contributed by atoms with Gasteiger partial charge in [-0.15, -0.1) is 0 Å². The van der Waals surface area contributed by atoms with E-state index in [0.717, 1.165) is 6.42 Å². The van der Waals surface area contributed by atoms with Crippen LogP contribution in [0.3, 0.4) is 0 Å². The summed E-state index contributed by atoms with van der Waals surface area (Å²) in [5.74, 6) is -0.463. The van der Waals surface area contributed by atoms with Gasteiger partial charge in [-0.25, -0.2) is 4.79 Å². The highest BCUT2D eigenvalue weighted by Crippen LogP contribution is 2.37. The van der Waals surface area contributed by atoms with Crippen LogP contribution in [-0.2, 0) is 9.53 Å². The van der Waals surface area contributed by atoms with Crippen molar-refractivity contribution in [3.63, 3.8) is 0 Å². The summed E-state index contributed by atoms with van der Waals surface area (Å²) in [6.07, 6.45) is -0.159. The molecule has 0 saturated carbocycles. The average molecular weight is 360 g/mol. The Balaban J connectivity index is 3.02. The van der Waals surface area contributed by atoms with Crippen molar-refractivity contribution in [3.05, 3.63) is 22.2 Å². The van der Waals surface area contributed by atoms with Crippen LogP contribution in [0.1, 0.15) is 30.6 Å². The smallest absolute Gasteiger partial charge is 0.339 e. The predicted octanol–water partition coefficient (Wildman–Crippen LogP) is 2.28. The second-order valence-electron chi connectivity index (χ2n) is 4.29. The van der Waals surface area contributed by atoms with Gasteiger partial charge in [0, 0.05) is 0 Å². The Morgan fingerprint density at radius 1 is 1.38 bits per heavy atom. The van der Waals surface area contributed by atoms with Crippen LogP contribution in [0.5, 0.6) is 11.5 Å². The van der Waals surface area contributed by atoms with E-state index in [2.05, 4.69) is 15.9 Å². The van der Waals surface area contributed by atoms with Gasteiger partial charge in [0.2, 0.25) is 0 Å². The number of methoxy groups -OCH3 is 1. The second kappa shape index (κ2) is 7.87. The summed E-state index contributed by atoms with van der Waals surface area (Å²) in [7, 11) is 1.47. The molecule has 0 aliphatic heterocycles. The Labute approximate surface area is 131 Å². The molecular formula is C14H18BrNO5. The van der Waals surface area contributed by atoms with E-state index in [0.29, 0.717) is 22.6 Å². The minimum Gasteiger partial charge on any atom is -0.493 e. The van der Waals surface area contributed by atoms with Crippen molar-refractivity contribution in [3.8, 4) is 11.5 Å². The minimum absolute atomic E-state index is 0.232. The zero-order valence-corrected chi connectivity index (χ0v) is 13.7. The molecule has 21 heavy (non-hydrogen) atoms. The number of halogens is 1. The average Bonchev–Trinajstić information content (AvgIpc) is 2.44. The summed E-state index contributed by atoms with van der Waals surface area (Å²) in [4.78, 5) is 22.9. The molecule has 0 bridgehead atoms. The molecule has 1 aromatic carbocycles. The Morgan fingerprint density at radius 3 is 2.57 bits per heavy atom. The second-order valence-corrected chi connectivity index (χ2v) is 5.14. The summed E-state index contributed by atoms with van der Waals surface area (Å²) >= 11 is 3.33. The number of ether oxygens (including phenoxy) is 3. The summed E-state index contributed by atoms with van der Waals surface area (Å²) in [6.45, 7) is 3.92. The van der Waals surface area contributed by atoms with E-state index < -0.39 is 18.0 Å². The molecule has 116 valence electrons. The van der Waals surface area contributed by atoms with Crippen LogP contribution in [0.2, 0.25) is 0 Å². The first kappa shape index (κ1) is 17.3. The molecule has 0 unspecified atom stereocenters. The third kappa shape index (κ3) is 4.63. The first-order valence-corrected chi connectivity index (χ1v) is 7.20. The van der Waals surface area contributed by atoms with E-state index in [1.807, 2.05) is 6.92 Å². The Bertz CT molecular complexity index is 532. The molecule has 0 aliphatic rings. The molecule has 7 heteroatoms. The van der Waals surface area contributed by atoms with E-state index in [9.17, 15) is 9.59 Å². The number of benzene rings is 1. The van der Waals surface area contributed by atoms with Gasteiger partial charge in [0.05, 0.1) is 23.8 Å². The van der Waals surface area contributed by atoms with Crippen LogP contribution in [0.4, 0.5) is 0 Å². The first-order chi connectivity index (χ1) is 9.90. The zero-order valence-electron chi connectivity index (χ0n) is 12.1. The van der Waals surface area contributed by atoms with Crippen LogP contribution >= 0.6 is 15.9 Å². The largest absolute Gasteiger partial charge is 0.493 e. The van der Waals surface area contributed by atoms with Crippen LogP contribution in [0.15, 0.2) is 16.6 Å². The highest BCUT2D eigenvalue weighted by Gasteiger charge is 2.20. The number of primary amides is 1. The third-order valence-electron chi connectivity index (χ3n) is 2.60. The number of nitrogens with two attached hydrogens (primary N) is 1. The van der Waals surface area contributed by atoms with Gasteiger partial charge in [0.15, 0.2) is 17.6 Å². The number of hydrogen-bond donors (Lipinski definition) is 1. The fourth-order valence-corrected chi connectivity index (χ4v) is 2.03. The molecule has 0 spiro atoms. The van der Waals surface area contributed by atoms with E-state index in [1.54, 1.807) is 6.07 Å². The van der Waals surface area contributed by atoms with Crippen molar-refractivity contribution in [1.82, 2.24) is 0 Å². The van der Waals surface area contributed by atoms with E-state index in [4.69, 9.17) is 19.9 Å². The summed E-state index contributed by atoms with van der Waals surface area (Å²) < 4.78 is 16.3. The van der Waals surface area contributed by atoms with Crippen molar-refractivity contribution in [1.29, 1.82) is 0 Å². The van der Waals surface area contributed by atoms with Gasteiger partial charge in [0.25, 0.3) is 5.91 Å². The highest BCUT2D eigenvalue weighted by atomic mass is 79.9. The number of amides is 1. The molecule has 1 rings (SSSR count). The molecular weight excluding hydrogens is 342 g/mol. The van der Waals surface area contributed by atoms with Crippen molar-refractivity contribution >= 4 is 27.8 Å². The Kier molecular flexibility index (Phi) is 6.48. The van der Waals surface area contributed by atoms with Gasteiger partial charge in [-0.2, -0.15) is 0 Å². The molecule has 0 aromatic heterocycles. The lowest BCUT2D eigenvalue weighted by Gasteiger charge is -2.14. The van der Waals surface area contributed by atoms with Crippen molar-refractivity contribution < 1.29 is 23.8 Å². The van der Waals surface area contributed by atoms with Crippen LogP contribution < -0.4 is 15.2 Å². The molecule has 1 amide bonds. The van der Waals surface area contributed by atoms with Gasteiger partial charge >= 0.3 is 5.97 Å². The normalized spacial score (nSPS) is 11.6. The lowest BCUT2D eigenvalue weighted by atomic mass is 10.2. The van der Waals surface area contributed by atoms with Crippen LogP contribution in [0, 0.1) is 0 Å². The van der Waals surface area contributed by atoms with Gasteiger partial charge < -0.3 is 19.9 Å². The van der Waals surface area contributed by atoms with Gasteiger partial charge in [-0.1, -0.05) is 6.92 Å². The highest BCUT2D eigenvalue weighted by molar-refractivity contribution is 9.10. The van der Waals surface area contributed by atoms with Crippen LogP contribution in [0.25, 0.3) is 0 Å². The zero-order chi connectivity index (χ0) is 16.0. The molecule has 0 saturated heterocycles. The number of hydrogen-bond acceptors (Lipinski definition) is 5. The molecule has 0 aliphatic carbocycles. The molecule has 1 aromatic rings. The predicted molar refractivity (Wildman–Crippen MR) is 80.6 cm³/mol. The summed E-state index contributed by atoms with van der Waals surface area (Å²) in [5, 5.41) is 0. The van der Waals surface area contributed by atoms with E-state index in [-0.39, 0.29) is 5.56 Å². The molecule has 0 heterocycles. The number of carbonyl (C=O) groups is 2. The van der Waals surface area contributed by atoms with Crippen molar-refractivity contribution in [2.24, 2.45) is 5.73 Å². The molecule has 1 atom stereocenters. The molecule has 0 fully saturated rings. The monoisotopic (exact) mass is 359 g/mol. The lowest BCUT2D eigenvalue weighted by molar-refractivity contribution is -0.125. The summed E-state index contributed by atoms with van der Waals surface area (Å²) in [5.41, 5.74) is 5.29. The fraction of sp³-hybridized carbons (Fsp3) is 0.429. The van der Waals surface area contributed by atoms with Crippen LogP contribution in [-0.4, -0.2) is 31.7 Å². The molecule has 0 radical (unpaired) electrons. The number of carbonyl (C=O) groups excluding carboxylic acids is 2. The van der Waals surface area contributed by atoms with Crippen molar-refractivity contribution in [2.45, 2.75) is 26.4 Å². The maximum absolute atomic E-state index is 12.0. The molecule has 6 nitrogen and oxygen atoms in total. The Morgan fingerprint density at radius 2 is 2.05 bits per heavy atom. The maximum atomic E-state index is 12.0. The van der Waals surface area contributed by atoms with E-state index in [1.165, 1.54) is 20.1 Å². The summed E-state index contributed by atoms with van der Waals surface area (Å²) in [6, 6.07) is 3.04. The lowest BCUT2D eigenvalue weighted by Crippen LogP contribution is -2.30. The van der Waals surface area contributed by atoms with Gasteiger partial charge in [-0.05, 0) is 41.4 Å². The molecule has 2 N–H and O–H groups in total. The quantitative estimate of drug-likeness (QED) is 0.754. The van der Waals surface area contributed by atoms with Gasteiger partial charge in [0.1, 0.15) is 0 Å². The standard InChI is InChI=1S/C14H18BrNO5/c1-4-5-20-12-10(15)6-9(7-11(12)19-3)14(18)21-8(2)13(16)17/h6-8H,4-5H2,1-3H3,(H2,16,17)/t8-/m0/s1. The first-order valence-electron chi connectivity index (χ1n) is 6.41. The van der Waals surface area contributed by atoms with E-state index >= 15 is 0 Å².